The maximum absolute atomic E-state index is 14.7. The van der Waals surface area contributed by atoms with Gasteiger partial charge in [0.25, 0.3) is 0 Å². The smallest absolute Gasteiger partial charge is 0.243 e. The van der Waals surface area contributed by atoms with E-state index in [4.69, 9.17) is 9.47 Å². The first-order chi connectivity index (χ1) is 26.5. The summed E-state index contributed by atoms with van der Waals surface area (Å²) < 4.78 is 42.2. The fraction of sp³-hybridized carbons (Fsp3) is 0.184. The van der Waals surface area contributed by atoms with Crippen molar-refractivity contribution in [3.05, 3.63) is 214 Å². The minimum atomic E-state index is -3.97. The average molecular weight is 748 g/mol. The van der Waals surface area contributed by atoms with Crippen LogP contribution >= 0.6 is 0 Å². The van der Waals surface area contributed by atoms with Gasteiger partial charge in [0.15, 0.2) is 0 Å². The summed E-state index contributed by atoms with van der Waals surface area (Å²) >= 11 is 0. The van der Waals surface area contributed by atoms with Crippen LogP contribution < -0.4 is 9.47 Å². The van der Waals surface area contributed by atoms with Gasteiger partial charge in [0, 0.05) is 13.1 Å². The Morgan fingerprint density at radius 1 is 0.709 bits per heavy atom. The standard InChI is InChI=1S/C49H49NO4S/c1-9-32-50(55(51,52)43-30-20-36(6)21-31-43)33-44-47(45(34(2)3)35(4)5)49(39-16-12-10-13-17-39,40-18-14-11-15-19-40)48(44)46(37-22-26-41(53-7)27-23-37)38-24-28-42(54-8)29-25-38/h9-31H,1-2,32-33H2,3-8H3. The van der Waals surface area contributed by atoms with E-state index in [2.05, 4.69) is 99.8 Å². The summed E-state index contributed by atoms with van der Waals surface area (Å²) in [5.74, 6) is 1.47. The van der Waals surface area contributed by atoms with Crippen LogP contribution in [0.4, 0.5) is 0 Å². The Hall–Kier alpha value is -5.69. The van der Waals surface area contributed by atoms with Crippen LogP contribution in [-0.2, 0) is 15.4 Å². The molecule has 0 unspecified atom stereocenters. The molecule has 55 heavy (non-hydrogen) atoms. The molecular formula is C49H49NO4S. The number of sulfonamides is 1. The number of hydrogen-bond acceptors (Lipinski definition) is 4. The Labute approximate surface area is 327 Å². The number of aryl methyl sites for hydroxylation is 1. The maximum atomic E-state index is 14.7. The highest BCUT2D eigenvalue weighted by atomic mass is 32.2. The Balaban J connectivity index is 1.84. The summed E-state index contributed by atoms with van der Waals surface area (Å²) in [5, 5.41) is 0. The van der Waals surface area contributed by atoms with Gasteiger partial charge in [-0.3, -0.25) is 0 Å². The van der Waals surface area contributed by atoms with Crippen molar-refractivity contribution < 1.29 is 17.9 Å². The van der Waals surface area contributed by atoms with Gasteiger partial charge >= 0.3 is 0 Å². The maximum Gasteiger partial charge on any atom is 0.243 e. The molecule has 0 spiro atoms. The highest BCUT2D eigenvalue weighted by Gasteiger charge is 2.55. The number of methoxy groups -OCH3 is 2. The molecule has 0 aromatic heterocycles. The SMILES string of the molecule is C=CCN(CC1=C(C(C(=C)C)=C(C)C)C(c2ccccc2)(c2ccccc2)C1=C(c1ccc(OC)cc1)c1ccc(OC)cc1)S(=O)(=O)c1ccc(C)cc1. The van der Waals surface area contributed by atoms with Crippen molar-refractivity contribution in [1.29, 1.82) is 0 Å². The zero-order chi connectivity index (χ0) is 39.3. The number of hydrogen-bond donors (Lipinski definition) is 0. The van der Waals surface area contributed by atoms with Crippen molar-refractivity contribution in [3.8, 4) is 11.5 Å². The van der Waals surface area contributed by atoms with Gasteiger partial charge in [-0.2, -0.15) is 4.31 Å². The van der Waals surface area contributed by atoms with E-state index >= 15 is 0 Å². The fourth-order valence-electron chi connectivity index (χ4n) is 7.88. The first kappa shape index (κ1) is 39.0. The lowest BCUT2D eigenvalue weighted by Crippen LogP contribution is -2.48. The van der Waals surface area contributed by atoms with E-state index in [1.165, 1.54) is 0 Å². The van der Waals surface area contributed by atoms with Crippen LogP contribution in [0.1, 0.15) is 48.6 Å². The summed E-state index contributed by atoms with van der Waals surface area (Å²) in [6.45, 7) is 16.9. The Bertz CT molecular complexity index is 2290. The molecule has 0 saturated heterocycles. The van der Waals surface area contributed by atoms with E-state index in [9.17, 15) is 8.42 Å². The molecule has 280 valence electrons. The molecule has 5 aromatic carbocycles. The third-order valence-electron chi connectivity index (χ3n) is 10.3. The van der Waals surface area contributed by atoms with Crippen LogP contribution in [0.3, 0.4) is 0 Å². The average Bonchev–Trinajstić information content (AvgIpc) is 3.20. The molecule has 0 N–H and O–H groups in total. The van der Waals surface area contributed by atoms with Gasteiger partial charge in [-0.1, -0.05) is 126 Å². The largest absolute Gasteiger partial charge is 0.497 e. The fourth-order valence-corrected chi connectivity index (χ4v) is 9.26. The van der Waals surface area contributed by atoms with E-state index in [-0.39, 0.29) is 18.0 Å². The summed E-state index contributed by atoms with van der Waals surface area (Å²) in [6, 6.07) is 44.3. The van der Waals surface area contributed by atoms with Gasteiger partial charge < -0.3 is 9.47 Å². The Morgan fingerprint density at radius 2 is 1.18 bits per heavy atom. The first-order valence-electron chi connectivity index (χ1n) is 18.4. The van der Waals surface area contributed by atoms with Crippen molar-refractivity contribution in [2.24, 2.45) is 0 Å². The molecule has 0 atom stereocenters. The highest BCUT2D eigenvalue weighted by Crippen LogP contribution is 2.63. The molecule has 5 aromatic rings. The third kappa shape index (κ3) is 7.28. The van der Waals surface area contributed by atoms with Gasteiger partial charge in [0.05, 0.1) is 24.5 Å². The number of ether oxygens (including phenoxy) is 2. The van der Waals surface area contributed by atoms with E-state index in [1.54, 1.807) is 36.7 Å². The lowest BCUT2D eigenvalue weighted by atomic mass is 9.49. The van der Waals surface area contributed by atoms with Crippen LogP contribution in [0.15, 0.2) is 191 Å². The van der Waals surface area contributed by atoms with Crippen molar-refractivity contribution >= 4 is 15.6 Å². The van der Waals surface area contributed by atoms with Crippen molar-refractivity contribution in [3.63, 3.8) is 0 Å². The molecule has 1 aliphatic rings. The normalized spacial score (nSPS) is 13.5. The van der Waals surface area contributed by atoms with Crippen LogP contribution in [0.5, 0.6) is 11.5 Å². The molecule has 6 heteroatoms. The van der Waals surface area contributed by atoms with Crippen LogP contribution in [-0.4, -0.2) is 40.0 Å². The van der Waals surface area contributed by atoms with Gasteiger partial charge in [-0.05, 0) is 114 Å². The van der Waals surface area contributed by atoms with Crippen LogP contribution in [0, 0.1) is 6.92 Å². The third-order valence-corrected chi connectivity index (χ3v) is 12.1. The number of benzene rings is 5. The van der Waals surface area contributed by atoms with Gasteiger partial charge in [-0.15, -0.1) is 6.58 Å². The number of nitrogens with zero attached hydrogens (tertiary/aromatic N) is 1. The Morgan fingerprint density at radius 3 is 1.58 bits per heavy atom. The molecule has 0 fully saturated rings. The monoisotopic (exact) mass is 747 g/mol. The van der Waals surface area contributed by atoms with Crippen molar-refractivity contribution in [2.75, 3.05) is 27.3 Å². The molecule has 0 heterocycles. The van der Waals surface area contributed by atoms with Gasteiger partial charge in [0.1, 0.15) is 11.5 Å². The number of rotatable bonds is 14. The zero-order valence-electron chi connectivity index (χ0n) is 32.6. The van der Waals surface area contributed by atoms with E-state index in [1.807, 2.05) is 62.4 Å². The summed E-state index contributed by atoms with van der Waals surface area (Å²) in [6.07, 6.45) is 1.66. The van der Waals surface area contributed by atoms with E-state index in [0.717, 1.165) is 78.3 Å². The second-order valence-corrected chi connectivity index (χ2v) is 16.0. The number of allylic oxidation sites excluding steroid dienone is 4. The van der Waals surface area contributed by atoms with E-state index in [0.29, 0.717) is 0 Å². The molecule has 5 nitrogen and oxygen atoms in total. The predicted molar refractivity (Wildman–Crippen MR) is 226 cm³/mol. The quantitative estimate of drug-likeness (QED) is 0.0838. The van der Waals surface area contributed by atoms with E-state index < -0.39 is 15.4 Å². The molecule has 1 aliphatic carbocycles. The highest BCUT2D eigenvalue weighted by molar-refractivity contribution is 7.89. The zero-order valence-corrected chi connectivity index (χ0v) is 33.4. The summed E-state index contributed by atoms with van der Waals surface area (Å²) in [5.41, 5.74) is 11.1. The molecule has 0 bridgehead atoms. The molecule has 0 radical (unpaired) electrons. The Kier molecular flexibility index (Phi) is 11.6. The summed E-state index contributed by atoms with van der Waals surface area (Å²) in [7, 11) is -0.649. The molecule has 0 amide bonds. The van der Waals surface area contributed by atoms with Gasteiger partial charge in [-0.25, -0.2) is 8.42 Å². The van der Waals surface area contributed by atoms with Crippen LogP contribution in [0.25, 0.3) is 5.57 Å². The lowest BCUT2D eigenvalue weighted by Gasteiger charge is -2.53. The second-order valence-electron chi connectivity index (χ2n) is 14.1. The molecular weight excluding hydrogens is 699 g/mol. The minimum absolute atomic E-state index is 0.0915. The summed E-state index contributed by atoms with van der Waals surface area (Å²) in [4.78, 5) is 0.234. The lowest BCUT2D eigenvalue weighted by molar-refractivity contribution is 0.414. The first-order valence-corrected chi connectivity index (χ1v) is 19.8. The second kappa shape index (κ2) is 16.4. The van der Waals surface area contributed by atoms with Crippen molar-refractivity contribution in [2.45, 2.75) is 38.0 Å². The van der Waals surface area contributed by atoms with Crippen LogP contribution in [0.2, 0.25) is 0 Å². The predicted octanol–water partition coefficient (Wildman–Crippen LogP) is 10.9. The topological polar surface area (TPSA) is 55.8 Å². The minimum Gasteiger partial charge on any atom is -0.497 e. The molecule has 6 rings (SSSR count). The molecule has 0 aliphatic heterocycles. The van der Waals surface area contributed by atoms with Crippen molar-refractivity contribution in [1.82, 2.24) is 4.31 Å². The van der Waals surface area contributed by atoms with Gasteiger partial charge in [0.2, 0.25) is 10.0 Å². The molecule has 0 saturated carbocycles.